The molecule has 120 valence electrons. The summed E-state index contributed by atoms with van der Waals surface area (Å²) in [4.78, 5) is 0. The maximum atomic E-state index is 5.08. The van der Waals surface area contributed by atoms with Gasteiger partial charge >= 0.3 is 0 Å². The molecule has 2 atom stereocenters. The van der Waals surface area contributed by atoms with E-state index in [0.29, 0.717) is 6.04 Å². The van der Waals surface area contributed by atoms with Crippen molar-refractivity contribution in [3.05, 3.63) is 17.0 Å². The van der Waals surface area contributed by atoms with E-state index in [4.69, 9.17) is 9.84 Å². The maximum Gasteiger partial charge on any atom is 0.0641 e. The number of nitrogens with zero attached hydrogens (tertiary/aromatic N) is 2. The molecule has 1 aliphatic carbocycles. The first-order valence-electron chi connectivity index (χ1n) is 8.27. The fraction of sp³-hybridized carbons (Fsp3) is 0.824. The van der Waals surface area contributed by atoms with Crippen molar-refractivity contribution in [2.24, 2.45) is 11.8 Å². The van der Waals surface area contributed by atoms with Crippen molar-refractivity contribution in [3.8, 4) is 0 Å². The summed E-state index contributed by atoms with van der Waals surface area (Å²) in [6, 6.07) is 0.579. The van der Waals surface area contributed by atoms with Gasteiger partial charge in [0.1, 0.15) is 0 Å². The Morgan fingerprint density at radius 1 is 1.19 bits per heavy atom. The molecule has 4 heteroatoms. The molecule has 1 aromatic heterocycles. The maximum absolute atomic E-state index is 5.08. The van der Waals surface area contributed by atoms with Crippen LogP contribution in [-0.2, 0) is 11.3 Å². The number of aryl methyl sites for hydroxylation is 1. The van der Waals surface area contributed by atoms with E-state index in [2.05, 4.69) is 37.7 Å². The Morgan fingerprint density at radius 3 is 2.48 bits per heavy atom. The Hall–Kier alpha value is -0.870. The molecule has 1 heterocycles. The third kappa shape index (κ3) is 4.07. The van der Waals surface area contributed by atoms with Crippen LogP contribution in [0.2, 0.25) is 0 Å². The van der Waals surface area contributed by atoms with Crippen molar-refractivity contribution in [3.63, 3.8) is 0 Å². The third-order valence-electron chi connectivity index (χ3n) is 4.76. The molecule has 1 saturated carbocycles. The van der Waals surface area contributed by atoms with Gasteiger partial charge in [-0.25, -0.2) is 0 Å². The zero-order valence-corrected chi connectivity index (χ0v) is 14.3. The van der Waals surface area contributed by atoms with E-state index in [0.717, 1.165) is 31.5 Å². The van der Waals surface area contributed by atoms with Crippen LogP contribution in [0.15, 0.2) is 0 Å². The van der Waals surface area contributed by atoms with Gasteiger partial charge < -0.3 is 10.1 Å². The summed E-state index contributed by atoms with van der Waals surface area (Å²) in [6.07, 6.45) is 3.90. The van der Waals surface area contributed by atoms with Gasteiger partial charge in [0, 0.05) is 31.5 Å². The molecule has 2 unspecified atom stereocenters. The van der Waals surface area contributed by atoms with Crippen LogP contribution in [0.25, 0.3) is 0 Å². The van der Waals surface area contributed by atoms with Crippen LogP contribution in [0.1, 0.15) is 56.1 Å². The van der Waals surface area contributed by atoms with Crippen LogP contribution in [0.5, 0.6) is 0 Å². The van der Waals surface area contributed by atoms with Gasteiger partial charge in [-0.2, -0.15) is 5.10 Å². The highest BCUT2D eigenvalue weighted by Gasteiger charge is 2.27. The predicted molar refractivity (Wildman–Crippen MR) is 86.5 cm³/mol. The monoisotopic (exact) mass is 293 g/mol. The summed E-state index contributed by atoms with van der Waals surface area (Å²) in [7, 11) is 1.74. The first-order chi connectivity index (χ1) is 10.0. The lowest BCUT2D eigenvalue weighted by Crippen LogP contribution is -2.24. The van der Waals surface area contributed by atoms with Crippen LogP contribution in [-0.4, -0.2) is 30.0 Å². The molecule has 2 rings (SSSR count). The molecule has 0 bridgehead atoms. The van der Waals surface area contributed by atoms with Crippen molar-refractivity contribution in [2.75, 3.05) is 20.3 Å². The minimum absolute atomic E-state index is 0.579. The summed E-state index contributed by atoms with van der Waals surface area (Å²) in [5.74, 6) is 1.62. The molecular weight excluding hydrogens is 262 g/mol. The van der Waals surface area contributed by atoms with Gasteiger partial charge in [0.2, 0.25) is 0 Å². The third-order valence-corrected chi connectivity index (χ3v) is 4.76. The van der Waals surface area contributed by atoms with Crippen LogP contribution in [0.3, 0.4) is 0 Å². The normalized spacial score (nSPS) is 26.2. The molecule has 0 aromatic carbocycles. The topological polar surface area (TPSA) is 39.1 Å². The van der Waals surface area contributed by atoms with Gasteiger partial charge in [-0.1, -0.05) is 13.8 Å². The average Bonchev–Trinajstić information content (AvgIpc) is 2.70. The summed E-state index contributed by atoms with van der Waals surface area (Å²) < 4.78 is 7.38. The molecule has 1 fully saturated rings. The average molecular weight is 293 g/mol. The predicted octanol–water partition coefficient (Wildman–Crippen LogP) is 3.23. The standard InChI is InChI=1S/C17H31N3O/c1-12-8-13(2)10-16(9-12)20-15(4)17(14(3)19-20)11-18-6-7-21-5/h12-13,16,18H,6-11H2,1-5H3. The number of rotatable bonds is 6. The van der Waals surface area contributed by atoms with Gasteiger partial charge in [0.25, 0.3) is 0 Å². The molecule has 0 spiro atoms. The molecule has 1 N–H and O–H groups in total. The molecule has 21 heavy (non-hydrogen) atoms. The van der Waals surface area contributed by atoms with Crippen LogP contribution >= 0.6 is 0 Å². The van der Waals surface area contributed by atoms with E-state index in [1.165, 1.54) is 36.2 Å². The second-order valence-electron chi connectivity index (χ2n) is 6.83. The number of ether oxygens (including phenoxy) is 1. The number of hydrogen-bond donors (Lipinski definition) is 1. The molecule has 0 saturated heterocycles. The van der Waals surface area contributed by atoms with Crippen molar-refractivity contribution < 1.29 is 4.74 Å². The van der Waals surface area contributed by atoms with Gasteiger partial charge in [0.05, 0.1) is 18.3 Å². The summed E-state index contributed by atoms with van der Waals surface area (Å²) >= 11 is 0. The van der Waals surface area contributed by atoms with E-state index in [9.17, 15) is 0 Å². The fourth-order valence-corrected chi connectivity index (χ4v) is 3.80. The van der Waals surface area contributed by atoms with Crippen LogP contribution in [0.4, 0.5) is 0 Å². The Balaban J connectivity index is 2.07. The Labute approximate surface area is 129 Å². The summed E-state index contributed by atoms with van der Waals surface area (Å²) in [6.45, 7) is 11.6. The zero-order valence-electron chi connectivity index (χ0n) is 14.3. The van der Waals surface area contributed by atoms with Crippen molar-refractivity contribution >= 4 is 0 Å². The number of aromatic nitrogens is 2. The van der Waals surface area contributed by atoms with Crippen molar-refractivity contribution in [1.29, 1.82) is 0 Å². The van der Waals surface area contributed by atoms with E-state index in [1.54, 1.807) is 7.11 Å². The van der Waals surface area contributed by atoms with E-state index in [-0.39, 0.29) is 0 Å². The Bertz CT molecular complexity index is 445. The van der Waals surface area contributed by atoms with E-state index >= 15 is 0 Å². The van der Waals surface area contributed by atoms with Crippen LogP contribution in [0, 0.1) is 25.7 Å². The largest absolute Gasteiger partial charge is 0.383 e. The second-order valence-corrected chi connectivity index (χ2v) is 6.83. The van der Waals surface area contributed by atoms with E-state index in [1.807, 2.05) is 0 Å². The SMILES string of the molecule is COCCNCc1c(C)nn(C2CC(C)CC(C)C2)c1C. The smallest absolute Gasteiger partial charge is 0.0641 e. The number of hydrogen-bond acceptors (Lipinski definition) is 3. The quantitative estimate of drug-likeness (QED) is 0.818. The van der Waals surface area contributed by atoms with Gasteiger partial charge in [-0.15, -0.1) is 0 Å². The van der Waals surface area contributed by atoms with Crippen molar-refractivity contribution in [2.45, 2.75) is 59.5 Å². The number of nitrogens with one attached hydrogen (secondary N) is 1. The fourth-order valence-electron chi connectivity index (χ4n) is 3.80. The zero-order chi connectivity index (χ0) is 15.4. The first-order valence-corrected chi connectivity index (χ1v) is 8.27. The molecule has 1 aromatic rings. The Morgan fingerprint density at radius 2 is 1.86 bits per heavy atom. The minimum Gasteiger partial charge on any atom is -0.383 e. The highest BCUT2D eigenvalue weighted by atomic mass is 16.5. The lowest BCUT2D eigenvalue weighted by molar-refractivity contribution is 0.199. The van der Waals surface area contributed by atoms with Gasteiger partial charge in [-0.3, -0.25) is 4.68 Å². The highest BCUT2D eigenvalue weighted by molar-refractivity contribution is 5.25. The van der Waals surface area contributed by atoms with Crippen molar-refractivity contribution in [1.82, 2.24) is 15.1 Å². The molecule has 0 radical (unpaired) electrons. The van der Waals surface area contributed by atoms with Gasteiger partial charge in [0.15, 0.2) is 0 Å². The molecular formula is C17H31N3O. The molecule has 0 aliphatic heterocycles. The lowest BCUT2D eigenvalue weighted by Gasteiger charge is -2.32. The lowest BCUT2D eigenvalue weighted by atomic mass is 9.80. The molecule has 0 amide bonds. The summed E-state index contributed by atoms with van der Waals surface area (Å²) in [5, 5.41) is 8.29. The molecule has 1 aliphatic rings. The van der Waals surface area contributed by atoms with E-state index < -0.39 is 0 Å². The second kappa shape index (κ2) is 7.41. The highest BCUT2D eigenvalue weighted by Crippen LogP contribution is 2.36. The molecule has 4 nitrogen and oxygen atoms in total. The first kappa shape index (κ1) is 16.5. The number of methoxy groups -OCH3 is 1. The Kier molecular flexibility index (Phi) is 5.82. The van der Waals surface area contributed by atoms with Crippen LogP contribution < -0.4 is 5.32 Å². The minimum atomic E-state index is 0.579. The summed E-state index contributed by atoms with van der Waals surface area (Å²) in [5.41, 5.74) is 3.86. The van der Waals surface area contributed by atoms with Gasteiger partial charge in [-0.05, 0) is 44.9 Å².